The molecule has 1 fully saturated rings. The van der Waals surface area contributed by atoms with Crippen molar-refractivity contribution in [2.45, 2.75) is 38.2 Å². The van der Waals surface area contributed by atoms with E-state index in [4.69, 9.17) is 4.74 Å². The molecule has 2 aliphatic carbocycles. The number of benzene rings is 1. The number of carbonyl (C=O) groups is 1. The molecule has 18 heavy (non-hydrogen) atoms. The number of hydrogen-bond acceptors (Lipinski definition) is 3. The van der Waals surface area contributed by atoms with E-state index in [1.807, 2.05) is 6.07 Å². The lowest BCUT2D eigenvalue weighted by Crippen LogP contribution is -2.35. The number of ether oxygens (including phenoxy) is 1. The number of Topliss-reactive ketones (excluding diaryl/α,β-unsaturated/α-hetero) is 1. The third-order valence-corrected chi connectivity index (χ3v) is 4.57. The molecule has 0 amide bonds. The first-order valence-corrected chi connectivity index (χ1v) is 6.54. The molecule has 1 spiro atoms. The molecular formula is C15H18O3. The van der Waals surface area contributed by atoms with Crippen LogP contribution in [0, 0.1) is 5.41 Å². The monoisotopic (exact) mass is 246 g/mol. The van der Waals surface area contributed by atoms with Crippen LogP contribution in [0.2, 0.25) is 0 Å². The van der Waals surface area contributed by atoms with E-state index in [1.54, 1.807) is 19.2 Å². The highest BCUT2D eigenvalue weighted by molar-refractivity contribution is 6.05. The first-order valence-electron chi connectivity index (χ1n) is 6.54. The van der Waals surface area contributed by atoms with Crippen molar-refractivity contribution in [2.75, 3.05) is 7.11 Å². The number of hydrogen-bond donors (Lipinski definition) is 1. The summed E-state index contributed by atoms with van der Waals surface area (Å²) in [5.74, 6) is 0.410. The van der Waals surface area contributed by atoms with Crippen molar-refractivity contribution in [2.24, 2.45) is 5.41 Å². The lowest BCUT2D eigenvalue weighted by Gasteiger charge is -2.35. The standard InChI is InChI=1S/C15H18O3/c1-18-12-4-6-15(7-5-12)9-10-2-3-11(16)8-13(10)14(15)17/h2-3,8,12,16H,4-7,9H2,1H3/t12-,15-. The summed E-state index contributed by atoms with van der Waals surface area (Å²) in [6.07, 6.45) is 4.86. The van der Waals surface area contributed by atoms with Gasteiger partial charge in [0.2, 0.25) is 0 Å². The van der Waals surface area contributed by atoms with Crippen LogP contribution in [-0.2, 0) is 11.2 Å². The van der Waals surface area contributed by atoms with Crippen molar-refractivity contribution < 1.29 is 14.6 Å². The zero-order valence-corrected chi connectivity index (χ0v) is 10.6. The number of ketones is 1. The molecule has 0 atom stereocenters. The van der Waals surface area contributed by atoms with Gasteiger partial charge in [-0.3, -0.25) is 4.79 Å². The van der Waals surface area contributed by atoms with Crippen LogP contribution in [0.5, 0.6) is 5.75 Å². The summed E-state index contributed by atoms with van der Waals surface area (Å²) in [5.41, 5.74) is 1.60. The van der Waals surface area contributed by atoms with Crippen LogP contribution in [0.3, 0.4) is 0 Å². The fraction of sp³-hybridized carbons (Fsp3) is 0.533. The minimum atomic E-state index is -0.217. The molecule has 1 saturated carbocycles. The Balaban J connectivity index is 1.88. The van der Waals surface area contributed by atoms with E-state index in [1.165, 1.54) is 0 Å². The van der Waals surface area contributed by atoms with Gasteiger partial charge in [0.1, 0.15) is 5.75 Å². The lowest BCUT2D eigenvalue weighted by molar-refractivity contribution is 0.0285. The van der Waals surface area contributed by atoms with Gasteiger partial charge in [-0.1, -0.05) is 6.07 Å². The number of phenols is 1. The Morgan fingerprint density at radius 3 is 2.72 bits per heavy atom. The summed E-state index contributed by atoms with van der Waals surface area (Å²) in [4.78, 5) is 12.6. The fourth-order valence-electron chi connectivity index (χ4n) is 3.44. The predicted molar refractivity (Wildman–Crippen MR) is 67.8 cm³/mol. The lowest BCUT2D eigenvalue weighted by atomic mass is 9.70. The fourth-order valence-corrected chi connectivity index (χ4v) is 3.44. The summed E-state index contributed by atoms with van der Waals surface area (Å²) < 4.78 is 5.37. The van der Waals surface area contributed by atoms with Gasteiger partial charge >= 0.3 is 0 Å². The first-order chi connectivity index (χ1) is 8.64. The molecule has 1 N–H and O–H groups in total. The second kappa shape index (κ2) is 4.09. The van der Waals surface area contributed by atoms with E-state index in [2.05, 4.69) is 0 Å². The topological polar surface area (TPSA) is 46.5 Å². The number of fused-ring (bicyclic) bond motifs is 1. The molecule has 0 aromatic heterocycles. The molecular weight excluding hydrogens is 228 g/mol. The van der Waals surface area contributed by atoms with Gasteiger partial charge in [0, 0.05) is 18.1 Å². The summed E-state index contributed by atoms with van der Waals surface area (Å²) in [5, 5.41) is 9.51. The summed E-state index contributed by atoms with van der Waals surface area (Å²) in [7, 11) is 1.74. The van der Waals surface area contributed by atoms with Gasteiger partial charge in [-0.2, -0.15) is 0 Å². The average Bonchev–Trinajstić information content (AvgIpc) is 2.65. The van der Waals surface area contributed by atoms with Crippen LogP contribution in [0.15, 0.2) is 18.2 Å². The zero-order chi connectivity index (χ0) is 12.8. The maximum absolute atomic E-state index is 12.6. The van der Waals surface area contributed by atoms with Gasteiger partial charge in [-0.05, 0) is 49.8 Å². The maximum Gasteiger partial charge on any atom is 0.169 e. The van der Waals surface area contributed by atoms with Gasteiger partial charge in [-0.25, -0.2) is 0 Å². The van der Waals surface area contributed by atoms with E-state index in [9.17, 15) is 9.90 Å². The predicted octanol–water partition coefficient (Wildman–Crippen LogP) is 2.71. The number of carbonyl (C=O) groups excluding carboxylic acids is 1. The van der Waals surface area contributed by atoms with Gasteiger partial charge in [-0.15, -0.1) is 0 Å². The quantitative estimate of drug-likeness (QED) is 0.828. The molecule has 0 unspecified atom stereocenters. The van der Waals surface area contributed by atoms with Crippen LogP contribution < -0.4 is 0 Å². The van der Waals surface area contributed by atoms with E-state index in [0.29, 0.717) is 6.10 Å². The molecule has 2 aliphatic rings. The highest BCUT2D eigenvalue weighted by Gasteiger charge is 2.47. The summed E-state index contributed by atoms with van der Waals surface area (Å²) >= 11 is 0. The smallest absolute Gasteiger partial charge is 0.169 e. The molecule has 0 radical (unpaired) electrons. The molecule has 3 nitrogen and oxygen atoms in total. The third kappa shape index (κ3) is 1.65. The number of methoxy groups -OCH3 is 1. The van der Waals surface area contributed by atoms with Crippen molar-refractivity contribution in [3.63, 3.8) is 0 Å². The maximum atomic E-state index is 12.6. The Morgan fingerprint density at radius 1 is 1.33 bits per heavy atom. The Morgan fingerprint density at radius 2 is 2.06 bits per heavy atom. The first kappa shape index (κ1) is 11.7. The Bertz CT molecular complexity index is 485. The summed E-state index contributed by atoms with van der Waals surface area (Å²) in [6, 6.07) is 5.18. The molecule has 0 aliphatic heterocycles. The Labute approximate surface area is 107 Å². The normalized spacial score (nSPS) is 30.7. The molecule has 1 aromatic rings. The number of phenolic OH excluding ortho intramolecular Hbond substituents is 1. The van der Waals surface area contributed by atoms with Crippen LogP contribution in [0.4, 0.5) is 0 Å². The van der Waals surface area contributed by atoms with Crippen LogP contribution in [0.1, 0.15) is 41.6 Å². The van der Waals surface area contributed by atoms with Crippen molar-refractivity contribution in [1.29, 1.82) is 0 Å². The van der Waals surface area contributed by atoms with Crippen molar-refractivity contribution in [3.8, 4) is 5.75 Å². The van der Waals surface area contributed by atoms with Crippen LogP contribution in [-0.4, -0.2) is 24.1 Å². The summed E-state index contributed by atoms with van der Waals surface area (Å²) in [6.45, 7) is 0. The van der Waals surface area contributed by atoms with Crippen LogP contribution in [0.25, 0.3) is 0 Å². The van der Waals surface area contributed by atoms with Gasteiger partial charge in [0.25, 0.3) is 0 Å². The molecule has 0 bridgehead atoms. The highest BCUT2D eigenvalue weighted by atomic mass is 16.5. The second-order valence-corrected chi connectivity index (χ2v) is 5.56. The average molecular weight is 246 g/mol. The van der Waals surface area contributed by atoms with Crippen molar-refractivity contribution in [3.05, 3.63) is 29.3 Å². The van der Waals surface area contributed by atoms with E-state index in [0.717, 1.165) is 43.2 Å². The van der Waals surface area contributed by atoms with Crippen LogP contribution >= 0.6 is 0 Å². The van der Waals surface area contributed by atoms with Crippen molar-refractivity contribution in [1.82, 2.24) is 0 Å². The third-order valence-electron chi connectivity index (χ3n) is 4.57. The largest absolute Gasteiger partial charge is 0.508 e. The zero-order valence-electron chi connectivity index (χ0n) is 10.6. The minimum Gasteiger partial charge on any atom is -0.508 e. The molecule has 0 saturated heterocycles. The highest BCUT2D eigenvalue weighted by Crippen LogP contribution is 2.48. The number of aromatic hydroxyl groups is 1. The molecule has 3 rings (SSSR count). The molecule has 0 heterocycles. The molecule has 3 heteroatoms. The molecule has 1 aromatic carbocycles. The van der Waals surface area contributed by atoms with E-state index < -0.39 is 0 Å². The number of rotatable bonds is 1. The van der Waals surface area contributed by atoms with Gasteiger partial charge in [0.05, 0.1) is 6.10 Å². The molecule has 96 valence electrons. The minimum absolute atomic E-state index is 0.185. The Kier molecular flexibility index (Phi) is 2.67. The Hall–Kier alpha value is -1.35. The van der Waals surface area contributed by atoms with E-state index >= 15 is 0 Å². The van der Waals surface area contributed by atoms with Gasteiger partial charge < -0.3 is 9.84 Å². The second-order valence-electron chi connectivity index (χ2n) is 5.56. The van der Waals surface area contributed by atoms with Crippen molar-refractivity contribution >= 4 is 5.78 Å². The van der Waals surface area contributed by atoms with Gasteiger partial charge in [0.15, 0.2) is 5.78 Å². The SMILES string of the molecule is CO[C@H]1CC[C@]2(CC1)Cc1ccc(O)cc1C2=O. The van der Waals surface area contributed by atoms with E-state index in [-0.39, 0.29) is 16.9 Å².